The van der Waals surface area contributed by atoms with Gasteiger partial charge in [-0.15, -0.1) is 12.4 Å². The maximum Gasteiger partial charge on any atom is 0.137 e. The summed E-state index contributed by atoms with van der Waals surface area (Å²) < 4.78 is 14.1. The smallest absolute Gasteiger partial charge is 0.137 e. The minimum atomic E-state index is -0.245. The third-order valence-electron chi connectivity index (χ3n) is 3.32. The molecule has 1 aromatic carbocycles. The van der Waals surface area contributed by atoms with Crippen LogP contribution in [0.15, 0.2) is 22.7 Å². The minimum absolute atomic E-state index is 0. The molecule has 1 heterocycles. The molecule has 19 heavy (non-hydrogen) atoms. The predicted molar refractivity (Wildman–Crippen MR) is 80.2 cm³/mol. The fourth-order valence-electron chi connectivity index (χ4n) is 2.40. The second kappa shape index (κ2) is 8.17. The minimum Gasteiger partial charge on any atom is -0.396 e. The van der Waals surface area contributed by atoms with Gasteiger partial charge in [0.05, 0.1) is 4.47 Å². The van der Waals surface area contributed by atoms with Gasteiger partial charge in [-0.25, -0.2) is 4.39 Å². The van der Waals surface area contributed by atoms with E-state index in [1.165, 1.54) is 0 Å². The van der Waals surface area contributed by atoms with Crippen LogP contribution in [0, 0.1) is 5.82 Å². The quantitative estimate of drug-likeness (QED) is 0.872. The Balaban J connectivity index is 0.00000180. The van der Waals surface area contributed by atoms with E-state index in [1.54, 1.807) is 12.1 Å². The zero-order valence-corrected chi connectivity index (χ0v) is 13.0. The van der Waals surface area contributed by atoms with Crippen molar-refractivity contribution in [1.82, 2.24) is 10.2 Å². The van der Waals surface area contributed by atoms with E-state index in [0.717, 1.165) is 31.7 Å². The average Bonchev–Trinajstić information content (AvgIpc) is 2.40. The summed E-state index contributed by atoms with van der Waals surface area (Å²) in [5, 5.41) is 12.5. The van der Waals surface area contributed by atoms with Gasteiger partial charge in [-0.3, -0.25) is 4.90 Å². The lowest BCUT2D eigenvalue weighted by atomic mass is 10.0. The maximum absolute atomic E-state index is 13.6. The van der Waals surface area contributed by atoms with E-state index >= 15 is 0 Å². The Morgan fingerprint density at radius 3 is 2.63 bits per heavy atom. The number of rotatable bonds is 4. The molecule has 108 valence electrons. The number of halogens is 3. The van der Waals surface area contributed by atoms with Gasteiger partial charge < -0.3 is 10.4 Å². The molecule has 1 atom stereocenters. The molecule has 2 rings (SSSR count). The van der Waals surface area contributed by atoms with Crippen LogP contribution in [0.2, 0.25) is 0 Å². The molecule has 0 amide bonds. The van der Waals surface area contributed by atoms with E-state index in [-0.39, 0.29) is 30.9 Å². The molecule has 1 saturated heterocycles. The van der Waals surface area contributed by atoms with Crippen molar-refractivity contribution in [3.05, 3.63) is 34.1 Å². The van der Waals surface area contributed by atoms with Gasteiger partial charge in [0.2, 0.25) is 0 Å². The Morgan fingerprint density at radius 2 is 2.05 bits per heavy atom. The molecule has 0 aliphatic carbocycles. The number of nitrogens with zero attached hydrogens (tertiary/aromatic N) is 1. The van der Waals surface area contributed by atoms with Gasteiger partial charge in [0.25, 0.3) is 0 Å². The molecule has 0 unspecified atom stereocenters. The highest BCUT2D eigenvalue weighted by molar-refractivity contribution is 9.10. The standard InChI is InChI=1S/C13H18BrFN2O.ClH/c14-11-2-1-10(9-12(11)15)13(3-8-18)17-6-4-16-5-7-17;/h1-2,9,13,16,18H,3-8H2;1H/t13-;/m0./s1. The van der Waals surface area contributed by atoms with E-state index in [4.69, 9.17) is 0 Å². The largest absolute Gasteiger partial charge is 0.396 e. The number of aliphatic hydroxyl groups is 1. The first-order chi connectivity index (χ1) is 8.72. The summed E-state index contributed by atoms with van der Waals surface area (Å²) >= 11 is 3.17. The van der Waals surface area contributed by atoms with Crippen molar-refractivity contribution >= 4 is 28.3 Å². The van der Waals surface area contributed by atoms with E-state index in [9.17, 15) is 9.50 Å². The molecule has 0 saturated carbocycles. The lowest BCUT2D eigenvalue weighted by molar-refractivity contribution is 0.141. The summed E-state index contributed by atoms with van der Waals surface area (Å²) in [5.41, 5.74) is 0.937. The fourth-order valence-corrected chi connectivity index (χ4v) is 2.64. The SMILES string of the molecule is Cl.OCC[C@@H](c1ccc(Br)c(F)c1)N1CCNCC1. The highest BCUT2D eigenvalue weighted by Gasteiger charge is 2.22. The van der Waals surface area contributed by atoms with E-state index < -0.39 is 0 Å². The molecule has 1 aliphatic rings. The van der Waals surface area contributed by atoms with E-state index in [2.05, 4.69) is 26.1 Å². The molecule has 0 aromatic heterocycles. The predicted octanol–water partition coefficient (Wildman–Crippen LogP) is 2.34. The van der Waals surface area contributed by atoms with Gasteiger partial charge in [-0.2, -0.15) is 0 Å². The van der Waals surface area contributed by atoms with Crippen molar-refractivity contribution in [2.45, 2.75) is 12.5 Å². The Kier molecular flexibility index (Phi) is 7.25. The zero-order chi connectivity index (χ0) is 13.0. The lowest BCUT2D eigenvalue weighted by Crippen LogP contribution is -2.45. The Labute approximate surface area is 127 Å². The molecule has 0 radical (unpaired) electrons. The molecule has 2 N–H and O–H groups in total. The van der Waals surface area contributed by atoms with E-state index in [0.29, 0.717) is 10.9 Å². The highest BCUT2D eigenvalue weighted by atomic mass is 79.9. The summed E-state index contributed by atoms with van der Waals surface area (Å²) in [6.07, 6.45) is 0.640. The number of hydrogen-bond acceptors (Lipinski definition) is 3. The van der Waals surface area contributed by atoms with Crippen molar-refractivity contribution in [3.63, 3.8) is 0 Å². The van der Waals surface area contributed by atoms with Crippen molar-refractivity contribution in [1.29, 1.82) is 0 Å². The van der Waals surface area contributed by atoms with Crippen LogP contribution in [-0.4, -0.2) is 42.8 Å². The monoisotopic (exact) mass is 352 g/mol. The van der Waals surface area contributed by atoms with Crippen LogP contribution < -0.4 is 5.32 Å². The van der Waals surface area contributed by atoms with Gasteiger partial charge in [-0.05, 0) is 40.0 Å². The molecule has 0 bridgehead atoms. The average molecular weight is 354 g/mol. The fraction of sp³-hybridized carbons (Fsp3) is 0.538. The molecule has 1 fully saturated rings. The van der Waals surface area contributed by atoms with Crippen molar-refractivity contribution in [2.75, 3.05) is 32.8 Å². The Morgan fingerprint density at radius 1 is 1.37 bits per heavy atom. The summed E-state index contributed by atoms with van der Waals surface area (Å²) in [7, 11) is 0. The molecule has 3 nitrogen and oxygen atoms in total. The molecule has 1 aliphatic heterocycles. The van der Waals surface area contributed by atoms with Crippen LogP contribution in [-0.2, 0) is 0 Å². The summed E-state index contributed by atoms with van der Waals surface area (Å²) in [5.74, 6) is -0.245. The van der Waals surface area contributed by atoms with Crippen LogP contribution in [0.5, 0.6) is 0 Å². The topological polar surface area (TPSA) is 35.5 Å². The molecule has 6 heteroatoms. The van der Waals surface area contributed by atoms with Crippen molar-refractivity contribution in [2.24, 2.45) is 0 Å². The second-order valence-electron chi connectivity index (χ2n) is 4.49. The number of hydrogen-bond donors (Lipinski definition) is 2. The van der Waals surface area contributed by atoms with Gasteiger partial charge in [-0.1, -0.05) is 6.07 Å². The van der Waals surface area contributed by atoms with Gasteiger partial charge in [0.15, 0.2) is 0 Å². The first kappa shape index (κ1) is 16.9. The molecular weight excluding hydrogens is 335 g/mol. The molecular formula is C13H19BrClFN2O. The van der Waals surface area contributed by atoms with Crippen LogP contribution in [0.4, 0.5) is 4.39 Å². The van der Waals surface area contributed by atoms with Crippen molar-refractivity contribution in [3.8, 4) is 0 Å². The maximum atomic E-state index is 13.6. The lowest BCUT2D eigenvalue weighted by Gasteiger charge is -2.35. The van der Waals surface area contributed by atoms with Gasteiger partial charge in [0.1, 0.15) is 5.82 Å². The normalized spacial score (nSPS) is 17.8. The Hall–Kier alpha value is -0.200. The Bertz CT molecular complexity index is 402. The summed E-state index contributed by atoms with van der Waals surface area (Å²) in [4.78, 5) is 2.30. The van der Waals surface area contributed by atoms with Gasteiger partial charge >= 0.3 is 0 Å². The van der Waals surface area contributed by atoms with E-state index in [1.807, 2.05) is 6.07 Å². The highest BCUT2D eigenvalue weighted by Crippen LogP contribution is 2.27. The molecule has 1 aromatic rings. The number of piperazine rings is 1. The first-order valence-corrected chi connectivity index (χ1v) is 7.02. The number of aliphatic hydroxyl groups excluding tert-OH is 1. The third kappa shape index (κ3) is 4.39. The second-order valence-corrected chi connectivity index (χ2v) is 5.34. The van der Waals surface area contributed by atoms with Crippen molar-refractivity contribution < 1.29 is 9.50 Å². The summed E-state index contributed by atoms with van der Waals surface area (Å²) in [6.45, 7) is 3.87. The van der Waals surface area contributed by atoms with Crippen LogP contribution >= 0.6 is 28.3 Å². The zero-order valence-electron chi connectivity index (χ0n) is 10.6. The van der Waals surface area contributed by atoms with Crippen LogP contribution in [0.3, 0.4) is 0 Å². The third-order valence-corrected chi connectivity index (χ3v) is 3.97. The first-order valence-electron chi connectivity index (χ1n) is 6.23. The molecule has 0 spiro atoms. The number of nitrogens with one attached hydrogen (secondary N) is 1. The van der Waals surface area contributed by atoms with Crippen LogP contribution in [0.25, 0.3) is 0 Å². The summed E-state index contributed by atoms with van der Waals surface area (Å²) in [6, 6.07) is 5.32. The number of benzene rings is 1. The van der Waals surface area contributed by atoms with Crippen LogP contribution in [0.1, 0.15) is 18.0 Å². The van der Waals surface area contributed by atoms with Gasteiger partial charge in [0, 0.05) is 38.8 Å².